The molecule has 5 aromatic rings. The highest BCUT2D eigenvalue weighted by Crippen LogP contribution is 2.37. The summed E-state index contributed by atoms with van der Waals surface area (Å²) in [5.74, 6) is -0.580. The van der Waals surface area contributed by atoms with Gasteiger partial charge in [-0.15, -0.1) is 0 Å². The molecule has 0 saturated heterocycles. The van der Waals surface area contributed by atoms with E-state index in [4.69, 9.17) is 26.5 Å². The number of halogens is 1. The Morgan fingerprint density at radius 2 is 1.74 bits per heavy atom. The Balaban J connectivity index is 1.54. The fraction of sp³-hybridized carbons (Fsp3) is 0.206. The summed E-state index contributed by atoms with van der Waals surface area (Å²) in [4.78, 5) is 23.2. The topological polar surface area (TPSA) is 93.5 Å². The van der Waals surface area contributed by atoms with Gasteiger partial charge in [-0.1, -0.05) is 67.1 Å². The Morgan fingerprint density at radius 1 is 0.976 bits per heavy atom. The number of nitrogens with one attached hydrogen (secondary N) is 1. The van der Waals surface area contributed by atoms with Gasteiger partial charge < -0.3 is 15.2 Å². The van der Waals surface area contributed by atoms with E-state index in [0.29, 0.717) is 22.9 Å². The smallest absolute Gasteiger partial charge is 0.305 e. The van der Waals surface area contributed by atoms with Crippen molar-refractivity contribution in [2.24, 2.45) is 0 Å². The van der Waals surface area contributed by atoms with Crippen LogP contribution in [0.25, 0.3) is 33.3 Å². The molecule has 1 aromatic heterocycles. The Hall–Kier alpha value is -4.62. The Kier molecular flexibility index (Phi) is 8.88. The molecule has 42 heavy (non-hydrogen) atoms. The van der Waals surface area contributed by atoms with Crippen LogP contribution in [0.3, 0.4) is 0 Å². The number of ether oxygens (including phenoxy) is 1. The monoisotopic (exact) mass is 581 g/mol. The molecular formula is C34H32ClN3O4. The third-order valence-electron chi connectivity index (χ3n) is 7.11. The first kappa shape index (κ1) is 28.9. The van der Waals surface area contributed by atoms with Crippen molar-refractivity contribution >= 4 is 34.2 Å². The largest absolute Gasteiger partial charge is 0.493 e. The second-order valence-corrected chi connectivity index (χ2v) is 10.5. The van der Waals surface area contributed by atoms with Crippen molar-refractivity contribution in [1.29, 1.82) is 0 Å². The zero-order valence-corrected chi connectivity index (χ0v) is 24.3. The van der Waals surface area contributed by atoms with E-state index in [9.17, 15) is 9.59 Å². The SMILES string of the molecule is CCCOc1cc(Cl)ccc1-c1cc(-c2ccc3ccccc3c2)n(C(C)c2ccc(C(=O)NCCC(=O)O)cc2)n1. The van der Waals surface area contributed by atoms with E-state index in [1.165, 1.54) is 0 Å². The number of aromatic nitrogens is 2. The summed E-state index contributed by atoms with van der Waals surface area (Å²) < 4.78 is 8.05. The van der Waals surface area contributed by atoms with Crippen molar-refractivity contribution in [3.8, 4) is 28.3 Å². The summed E-state index contributed by atoms with van der Waals surface area (Å²) in [6.45, 7) is 4.77. The predicted octanol–water partition coefficient (Wildman–Crippen LogP) is 7.63. The van der Waals surface area contributed by atoms with Gasteiger partial charge in [0, 0.05) is 28.3 Å². The number of carbonyl (C=O) groups excluding carboxylic acids is 1. The molecule has 214 valence electrons. The van der Waals surface area contributed by atoms with E-state index < -0.39 is 5.97 Å². The lowest BCUT2D eigenvalue weighted by Crippen LogP contribution is -2.26. The molecule has 0 saturated carbocycles. The number of carboxylic acid groups (broad SMARTS) is 1. The number of carboxylic acids is 1. The average molecular weight is 582 g/mol. The molecule has 1 heterocycles. The molecule has 1 amide bonds. The number of hydrogen-bond acceptors (Lipinski definition) is 4. The fourth-order valence-corrected chi connectivity index (χ4v) is 5.03. The van der Waals surface area contributed by atoms with Gasteiger partial charge in [-0.2, -0.15) is 5.10 Å². The molecule has 1 unspecified atom stereocenters. The van der Waals surface area contributed by atoms with Crippen LogP contribution in [0.1, 0.15) is 48.7 Å². The van der Waals surface area contributed by atoms with Crippen LogP contribution < -0.4 is 10.1 Å². The van der Waals surface area contributed by atoms with E-state index >= 15 is 0 Å². The number of fused-ring (bicyclic) bond motifs is 1. The van der Waals surface area contributed by atoms with Gasteiger partial charge in [0.15, 0.2) is 0 Å². The molecule has 5 rings (SSSR count). The minimum atomic E-state index is -0.956. The number of aliphatic carboxylic acids is 1. The maximum atomic E-state index is 12.5. The highest BCUT2D eigenvalue weighted by atomic mass is 35.5. The van der Waals surface area contributed by atoms with Crippen molar-refractivity contribution in [3.05, 3.63) is 107 Å². The van der Waals surface area contributed by atoms with Crippen LogP contribution in [0.15, 0.2) is 91.0 Å². The minimum Gasteiger partial charge on any atom is -0.493 e. The second kappa shape index (κ2) is 12.9. The Labute approximate surface area is 249 Å². The van der Waals surface area contributed by atoms with Crippen molar-refractivity contribution in [2.45, 2.75) is 32.7 Å². The van der Waals surface area contributed by atoms with Gasteiger partial charge in [-0.3, -0.25) is 14.3 Å². The maximum absolute atomic E-state index is 12.5. The maximum Gasteiger partial charge on any atom is 0.305 e. The quantitative estimate of drug-likeness (QED) is 0.167. The van der Waals surface area contributed by atoms with Crippen LogP contribution in [0.5, 0.6) is 5.75 Å². The van der Waals surface area contributed by atoms with Gasteiger partial charge in [-0.05, 0) is 72.1 Å². The molecular weight excluding hydrogens is 550 g/mol. The summed E-state index contributed by atoms with van der Waals surface area (Å²) >= 11 is 6.32. The van der Waals surface area contributed by atoms with Gasteiger partial charge in [0.1, 0.15) is 5.75 Å². The standard InChI is InChI=1S/C34H32ClN3O4/c1-3-18-42-32-20-28(35)14-15-29(32)30-21-31(27-13-10-24-6-4-5-7-26(24)19-27)38(37-30)22(2)23-8-11-25(12-9-23)34(41)36-17-16-33(39)40/h4-15,19-22H,3,16-18H2,1-2H3,(H,36,41)(H,39,40). The Bertz CT molecular complexity index is 1730. The van der Waals surface area contributed by atoms with E-state index in [1.807, 2.05) is 47.1 Å². The Morgan fingerprint density at radius 3 is 2.48 bits per heavy atom. The van der Waals surface area contributed by atoms with Crippen molar-refractivity contribution < 1.29 is 19.4 Å². The first-order valence-corrected chi connectivity index (χ1v) is 14.3. The second-order valence-electron chi connectivity index (χ2n) is 10.1. The zero-order valence-electron chi connectivity index (χ0n) is 23.5. The number of nitrogens with zero attached hydrogens (tertiary/aromatic N) is 2. The van der Waals surface area contributed by atoms with E-state index in [-0.39, 0.29) is 24.9 Å². The molecule has 0 radical (unpaired) electrons. The molecule has 0 fully saturated rings. The van der Waals surface area contributed by atoms with E-state index in [0.717, 1.165) is 45.3 Å². The normalized spacial score (nSPS) is 11.8. The predicted molar refractivity (Wildman–Crippen MR) is 166 cm³/mol. The molecule has 4 aromatic carbocycles. The molecule has 0 spiro atoms. The molecule has 8 heteroatoms. The third kappa shape index (κ3) is 6.47. The van der Waals surface area contributed by atoms with E-state index in [1.54, 1.807) is 12.1 Å². The van der Waals surface area contributed by atoms with Gasteiger partial charge in [-0.25, -0.2) is 0 Å². The lowest BCUT2D eigenvalue weighted by Gasteiger charge is -2.17. The number of carbonyl (C=O) groups is 2. The highest BCUT2D eigenvalue weighted by molar-refractivity contribution is 6.30. The first-order chi connectivity index (χ1) is 20.3. The lowest BCUT2D eigenvalue weighted by molar-refractivity contribution is -0.136. The third-order valence-corrected chi connectivity index (χ3v) is 7.34. The van der Waals surface area contributed by atoms with Gasteiger partial charge in [0.2, 0.25) is 0 Å². The molecule has 2 N–H and O–H groups in total. The van der Waals surface area contributed by atoms with Crippen molar-refractivity contribution in [3.63, 3.8) is 0 Å². The zero-order chi connectivity index (χ0) is 29.6. The number of amides is 1. The van der Waals surface area contributed by atoms with Crippen LogP contribution >= 0.6 is 11.6 Å². The molecule has 0 aliphatic heterocycles. The summed E-state index contributed by atoms with van der Waals surface area (Å²) in [6, 6.07) is 29.4. The van der Waals surface area contributed by atoms with Gasteiger partial charge >= 0.3 is 5.97 Å². The van der Waals surface area contributed by atoms with E-state index in [2.05, 4.69) is 55.6 Å². The molecule has 7 nitrogen and oxygen atoms in total. The number of hydrogen-bond donors (Lipinski definition) is 2. The average Bonchev–Trinajstić information content (AvgIpc) is 3.44. The minimum absolute atomic E-state index is 0.0756. The first-order valence-electron chi connectivity index (χ1n) is 14.0. The summed E-state index contributed by atoms with van der Waals surface area (Å²) in [6.07, 6.45) is 0.742. The van der Waals surface area contributed by atoms with Crippen LogP contribution in [0, 0.1) is 0 Å². The molecule has 0 aliphatic rings. The van der Waals surface area contributed by atoms with Gasteiger partial charge in [0.25, 0.3) is 5.91 Å². The van der Waals surface area contributed by atoms with Crippen molar-refractivity contribution in [2.75, 3.05) is 13.2 Å². The lowest BCUT2D eigenvalue weighted by atomic mass is 10.0. The fourth-order valence-electron chi connectivity index (χ4n) is 4.86. The van der Waals surface area contributed by atoms with Crippen LogP contribution in [-0.2, 0) is 4.79 Å². The summed E-state index contributed by atoms with van der Waals surface area (Å²) in [5.41, 5.74) is 5.02. The number of rotatable bonds is 11. The van der Waals surface area contributed by atoms with Crippen molar-refractivity contribution in [1.82, 2.24) is 15.1 Å². The molecule has 0 aliphatic carbocycles. The molecule has 0 bridgehead atoms. The van der Waals surface area contributed by atoms with Crippen LogP contribution in [0.2, 0.25) is 5.02 Å². The van der Waals surface area contributed by atoms with Gasteiger partial charge in [0.05, 0.1) is 30.5 Å². The number of benzene rings is 4. The highest BCUT2D eigenvalue weighted by Gasteiger charge is 2.20. The summed E-state index contributed by atoms with van der Waals surface area (Å²) in [7, 11) is 0. The van der Waals surface area contributed by atoms with Crippen LogP contribution in [-0.4, -0.2) is 39.9 Å². The van der Waals surface area contributed by atoms with Crippen LogP contribution in [0.4, 0.5) is 0 Å². The summed E-state index contributed by atoms with van der Waals surface area (Å²) in [5, 5.41) is 19.4. The molecule has 1 atom stereocenters.